The SMILES string of the molecule is CNC(=O)OC1CCN(c2ncc(Br)c(-c3ccc(C#N)c(F)c3)c2C#N)CC1. The van der Waals surface area contributed by atoms with Crippen LogP contribution in [0.3, 0.4) is 0 Å². The van der Waals surface area contributed by atoms with Crippen molar-refractivity contribution in [2.45, 2.75) is 18.9 Å². The molecule has 148 valence electrons. The van der Waals surface area contributed by atoms with Gasteiger partial charge in [-0.1, -0.05) is 6.07 Å². The fraction of sp³-hybridized carbons (Fsp3) is 0.300. The average Bonchev–Trinajstić information content (AvgIpc) is 2.74. The van der Waals surface area contributed by atoms with E-state index in [2.05, 4.69) is 32.3 Å². The van der Waals surface area contributed by atoms with Crippen LogP contribution in [0.1, 0.15) is 24.0 Å². The molecule has 0 aliphatic carbocycles. The molecule has 2 heterocycles. The molecular weight excluding hydrogens is 441 g/mol. The number of rotatable bonds is 3. The highest BCUT2D eigenvalue weighted by atomic mass is 79.9. The third-order valence-electron chi connectivity index (χ3n) is 4.72. The fourth-order valence-electron chi connectivity index (χ4n) is 3.26. The number of hydrogen-bond donors (Lipinski definition) is 1. The molecule has 1 saturated heterocycles. The van der Waals surface area contributed by atoms with E-state index in [1.807, 2.05) is 4.90 Å². The highest BCUT2D eigenvalue weighted by Gasteiger charge is 2.26. The first kappa shape index (κ1) is 20.6. The maximum atomic E-state index is 14.1. The van der Waals surface area contributed by atoms with Crippen molar-refractivity contribution < 1.29 is 13.9 Å². The van der Waals surface area contributed by atoms with Gasteiger partial charge in [0, 0.05) is 49.2 Å². The van der Waals surface area contributed by atoms with Crippen molar-refractivity contribution in [2.75, 3.05) is 25.0 Å². The van der Waals surface area contributed by atoms with Crippen LogP contribution < -0.4 is 10.2 Å². The van der Waals surface area contributed by atoms with Gasteiger partial charge in [-0.25, -0.2) is 14.2 Å². The molecule has 0 bridgehead atoms. The van der Waals surface area contributed by atoms with Gasteiger partial charge >= 0.3 is 6.09 Å². The molecule has 29 heavy (non-hydrogen) atoms. The number of pyridine rings is 1. The molecule has 2 aromatic rings. The number of carbonyl (C=O) groups is 1. The monoisotopic (exact) mass is 457 g/mol. The maximum Gasteiger partial charge on any atom is 0.407 e. The highest BCUT2D eigenvalue weighted by molar-refractivity contribution is 9.10. The number of halogens is 2. The molecule has 3 rings (SSSR count). The van der Waals surface area contributed by atoms with E-state index < -0.39 is 11.9 Å². The Bertz CT molecular complexity index is 1020. The lowest BCUT2D eigenvalue weighted by molar-refractivity contribution is 0.0848. The number of aromatic nitrogens is 1. The van der Waals surface area contributed by atoms with Crippen LogP contribution in [0.2, 0.25) is 0 Å². The molecule has 1 N–H and O–H groups in total. The smallest absolute Gasteiger partial charge is 0.407 e. The van der Waals surface area contributed by atoms with Crippen molar-refractivity contribution in [1.82, 2.24) is 10.3 Å². The van der Waals surface area contributed by atoms with Crippen molar-refractivity contribution in [3.8, 4) is 23.3 Å². The molecule has 1 aromatic carbocycles. The number of piperidine rings is 1. The zero-order chi connectivity index (χ0) is 21.0. The summed E-state index contributed by atoms with van der Waals surface area (Å²) in [5.41, 5.74) is 1.25. The third kappa shape index (κ3) is 4.30. The van der Waals surface area contributed by atoms with Gasteiger partial charge in [0.05, 0.1) is 5.56 Å². The van der Waals surface area contributed by atoms with Crippen LogP contribution >= 0.6 is 15.9 Å². The summed E-state index contributed by atoms with van der Waals surface area (Å²) >= 11 is 3.40. The predicted octanol–water partition coefficient (Wildman–Crippen LogP) is 3.72. The van der Waals surface area contributed by atoms with Crippen molar-refractivity contribution in [3.05, 3.63) is 45.8 Å². The molecule has 0 atom stereocenters. The van der Waals surface area contributed by atoms with Gasteiger partial charge in [-0.2, -0.15) is 10.5 Å². The van der Waals surface area contributed by atoms with Crippen molar-refractivity contribution >= 4 is 27.8 Å². The number of nitrogens with one attached hydrogen (secondary N) is 1. The second-order valence-electron chi connectivity index (χ2n) is 6.44. The molecule has 9 heteroatoms. The highest BCUT2D eigenvalue weighted by Crippen LogP contribution is 2.37. The first-order valence-corrected chi connectivity index (χ1v) is 9.69. The van der Waals surface area contributed by atoms with Gasteiger partial charge in [0.25, 0.3) is 0 Å². The topological polar surface area (TPSA) is 102 Å². The van der Waals surface area contributed by atoms with E-state index in [0.29, 0.717) is 52.9 Å². The number of amides is 1. The van der Waals surface area contributed by atoms with Crippen LogP contribution in [-0.2, 0) is 4.74 Å². The van der Waals surface area contributed by atoms with Crippen molar-refractivity contribution in [2.24, 2.45) is 0 Å². The Hall–Kier alpha value is -3.17. The van der Waals surface area contributed by atoms with Gasteiger partial charge in [0.1, 0.15) is 35.4 Å². The van der Waals surface area contributed by atoms with Gasteiger partial charge in [-0.05, 0) is 33.6 Å². The average molecular weight is 458 g/mol. The van der Waals surface area contributed by atoms with Crippen LogP contribution in [0.4, 0.5) is 15.0 Å². The number of ether oxygens (including phenoxy) is 1. The van der Waals surface area contributed by atoms with Crippen LogP contribution in [0.25, 0.3) is 11.1 Å². The minimum atomic E-state index is -0.647. The van der Waals surface area contributed by atoms with Gasteiger partial charge < -0.3 is 15.0 Å². The largest absolute Gasteiger partial charge is 0.446 e. The molecule has 0 spiro atoms. The molecule has 1 aliphatic rings. The Morgan fingerprint density at radius 3 is 2.66 bits per heavy atom. The molecule has 7 nitrogen and oxygen atoms in total. The summed E-state index contributed by atoms with van der Waals surface area (Å²) in [5, 5.41) is 21.2. The van der Waals surface area contributed by atoms with E-state index in [-0.39, 0.29) is 11.7 Å². The summed E-state index contributed by atoms with van der Waals surface area (Å²) < 4.78 is 20.0. The Morgan fingerprint density at radius 1 is 1.34 bits per heavy atom. The van der Waals surface area contributed by atoms with E-state index >= 15 is 0 Å². The third-order valence-corrected chi connectivity index (χ3v) is 5.32. The molecule has 0 saturated carbocycles. The zero-order valence-corrected chi connectivity index (χ0v) is 17.2. The molecule has 1 aromatic heterocycles. The standard InChI is InChI=1S/C20H17BrFN5O2/c1-25-20(28)29-14-4-6-27(7-5-14)19-15(10-24)18(16(21)11-26-19)12-2-3-13(9-23)17(22)8-12/h2-3,8,11,14H,4-7H2,1H3,(H,25,28). The number of anilines is 1. The fourth-order valence-corrected chi connectivity index (χ4v) is 3.79. The molecule has 1 amide bonds. The molecular formula is C20H17BrFN5O2. The second-order valence-corrected chi connectivity index (χ2v) is 7.29. The van der Waals surface area contributed by atoms with Gasteiger partial charge in [0.2, 0.25) is 0 Å². The molecule has 0 unspecified atom stereocenters. The number of hydrogen-bond acceptors (Lipinski definition) is 6. The minimum Gasteiger partial charge on any atom is -0.446 e. The van der Waals surface area contributed by atoms with Gasteiger partial charge in [0.15, 0.2) is 0 Å². The van der Waals surface area contributed by atoms with E-state index in [1.165, 1.54) is 19.2 Å². The van der Waals surface area contributed by atoms with E-state index in [1.54, 1.807) is 18.3 Å². The normalized spacial score (nSPS) is 14.0. The lowest BCUT2D eigenvalue weighted by atomic mass is 9.99. The van der Waals surface area contributed by atoms with E-state index in [0.717, 1.165) is 0 Å². The van der Waals surface area contributed by atoms with Crippen molar-refractivity contribution in [3.63, 3.8) is 0 Å². The molecule has 0 radical (unpaired) electrons. The van der Waals surface area contributed by atoms with Gasteiger partial charge in [-0.15, -0.1) is 0 Å². The van der Waals surface area contributed by atoms with Crippen LogP contribution in [0.15, 0.2) is 28.9 Å². The summed E-state index contributed by atoms with van der Waals surface area (Å²) in [7, 11) is 1.51. The predicted molar refractivity (Wildman–Crippen MR) is 108 cm³/mol. The number of benzene rings is 1. The van der Waals surface area contributed by atoms with E-state index in [4.69, 9.17) is 10.00 Å². The summed E-state index contributed by atoms with van der Waals surface area (Å²) in [6.45, 7) is 1.12. The lowest BCUT2D eigenvalue weighted by Gasteiger charge is -2.33. The zero-order valence-electron chi connectivity index (χ0n) is 15.6. The summed E-state index contributed by atoms with van der Waals surface area (Å²) in [5.74, 6) is -0.153. The Morgan fingerprint density at radius 2 is 2.07 bits per heavy atom. The summed E-state index contributed by atoms with van der Waals surface area (Å²) in [4.78, 5) is 17.8. The maximum absolute atomic E-state index is 14.1. The second kappa shape index (κ2) is 8.89. The van der Waals surface area contributed by atoms with E-state index in [9.17, 15) is 14.4 Å². The van der Waals surface area contributed by atoms with Crippen LogP contribution in [0, 0.1) is 28.5 Å². The Kier molecular flexibility index (Phi) is 6.30. The number of nitriles is 2. The molecule has 1 aliphatic heterocycles. The quantitative estimate of drug-likeness (QED) is 0.753. The number of alkyl carbamates (subject to hydrolysis) is 1. The summed E-state index contributed by atoms with van der Waals surface area (Å²) in [6, 6.07) is 8.21. The Labute approximate surface area is 175 Å². The van der Waals surface area contributed by atoms with Crippen molar-refractivity contribution in [1.29, 1.82) is 10.5 Å². The number of nitrogens with zero attached hydrogens (tertiary/aromatic N) is 4. The number of carbonyl (C=O) groups excluding carboxylic acids is 1. The molecule has 1 fully saturated rings. The first-order chi connectivity index (χ1) is 14.0. The summed E-state index contributed by atoms with van der Waals surface area (Å²) in [6.07, 6.45) is 2.13. The van der Waals surface area contributed by atoms with Crippen LogP contribution in [-0.4, -0.2) is 37.3 Å². The Balaban J connectivity index is 1.92. The van der Waals surface area contributed by atoms with Crippen LogP contribution in [0.5, 0.6) is 0 Å². The van der Waals surface area contributed by atoms with Gasteiger partial charge in [-0.3, -0.25) is 0 Å². The first-order valence-electron chi connectivity index (χ1n) is 8.90. The lowest BCUT2D eigenvalue weighted by Crippen LogP contribution is -2.39. The minimum absolute atomic E-state index is 0.0594.